The Hall–Kier alpha value is -0.600. The summed E-state index contributed by atoms with van der Waals surface area (Å²) in [5.41, 5.74) is 3.36. The first-order chi connectivity index (χ1) is 4.62. The van der Waals surface area contributed by atoms with Gasteiger partial charge in [-0.25, -0.2) is 4.39 Å². The SMILES string of the molecule is CC1(F)CCCC1.NC=O. The van der Waals surface area contributed by atoms with Crippen molar-refractivity contribution < 1.29 is 9.18 Å². The fraction of sp³-hybridized carbons (Fsp3) is 0.857. The smallest absolute Gasteiger partial charge is 0.204 e. The number of halogens is 1. The molecule has 3 heteroatoms. The van der Waals surface area contributed by atoms with Crippen molar-refractivity contribution in [1.82, 2.24) is 0 Å². The third-order valence-corrected chi connectivity index (χ3v) is 1.65. The molecule has 1 aliphatic carbocycles. The lowest BCUT2D eigenvalue weighted by atomic mass is 10.1. The molecule has 0 aromatic heterocycles. The molecule has 1 fully saturated rings. The van der Waals surface area contributed by atoms with Crippen LogP contribution in [0.5, 0.6) is 0 Å². The van der Waals surface area contributed by atoms with Crippen LogP contribution in [-0.2, 0) is 4.79 Å². The third kappa shape index (κ3) is 4.30. The molecular formula is C7H14FNO. The number of carbonyl (C=O) groups excluding carboxylic acids is 1. The van der Waals surface area contributed by atoms with Gasteiger partial charge in [-0.3, -0.25) is 4.79 Å². The van der Waals surface area contributed by atoms with Gasteiger partial charge < -0.3 is 5.73 Å². The molecule has 0 radical (unpaired) electrons. The molecule has 0 atom stereocenters. The number of rotatable bonds is 0. The molecule has 2 nitrogen and oxygen atoms in total. The van der Waals surface area contributed by atoms with E-state index in [2.05, 4.69) is 5.73 Å². The molecule has 1 rings (SSSR count). The van der Waals surface area contributed by atoms with Crippen LogP contribution in [0.2, 0.25) is 0 Å². The van der Waals surface area contributed by atoms with E-state index in [1.165, 1.54) is 0 Å². The topological polar surface area (TPSA) is 43.1 Å². The molecule has 60 valence electrons. The van der Waals surface area contributed by atoms with E-state index in [1.54, 1.807) is 6.92 Å². The van der Waals surface area contributed by atoms with Gasteiger partial charge in [-0.15, -0.1) is 0 Å². The maximum Gasteiger partial charge on any atom is 0.204 e. The average Bonchev–Trinajstić information content (AvgIpc) is 2.16. The second-order valence-electron chi connectivity index (χ2n) is 2.76. The molecule has 0 spiro atoms. The first kappa shape index (κ1) is 9.40. The Labute approximate surface area is 60.6 Å². The van der Waals surface area contributed by atoms with E-state index in [0.717, 1.165) is 25.7 Å². The van der Waals surface area contributed by atoms with Gasteiger partial charge in [0.15, 0.2) is 0 Å². The first-order valence-corrected chi connectivity index (χ1v) is 3.47. The summed E-state index contributed by atoms with van der Waals surface area (Å²) < 4.78 is 12.6. The molecule has 2 N–H and O–H groups in total. The fourth-order valence-electron chi connectivity index (χ4n) is 1.11. The Balaban J connectivity index is 0.000000236. The van der Waals surface area contributed by atoms with E-state index in [1.807, 2.05) is 0 Å². The van der Waals surface area contributed by atoms with E-state index in [9.17, 15) is 4.39 Å². The first-order valence-electron chi connectivity index (χ1n) is 3.47. The number of hydrogen-bond acceptors (Lipinski definition) is 1. The quantitative estimate of drug-likeness (QED) is 0.517. The highest BCUT2D eigenvalue weighted by atomic mass is 19.1. The molecule has 0 aliphatic heterocycles. The summed E-state index contributed by atoms with van der Waals surface area (Å²) in [7, 11) is 0. The maximum atomic E-state index is 12.6. The van der Waals surface area contributed by atoms with E-state index in [0.29, 0.717) is 0 Å². The summed E-state index contributed by atoms with van der Waals surface area (Å²) in [4.78, 5) is 8.58. The molecule has 1 saturated carbocycles. The average molecular weight is 147 g/mol. The van der Waals surface area contributed by atoms with Gasteiger partial charge in [0.1, 0.15) is 5.67 Å². The fourth-order valence-corrected chi connectivity index (χ4v) is 1.11. The van der Waals surface area contributed by atoms with E-state index >= 15 is 0 Å². The highest BCUT2D eigenvalue weighted by Crippen LogP contribution is 2.31. The van der Waals surface area contributed by atoms with Crippen molar-refractivity contribution in [2.75, 3.05) is 0 Å². The van der Waals surface area contributed by atoms with Crippen molar-refractivity contribution >= 4 is 6.41 Å². The standard InChI is InChI=1S/C6H11F.CH3NO/c1-6(7)4-2-3-5-6;2-1-3/h2-5H2,1H3;1H,(H2,2,3). The van der Waals surface area contributed by atoms with E-state index < -0.39 is 5.67 Å². The zero-order chi connectivity index (χ0) is 8.04. The van der Waals surface area contributed by atoms with Crippen LogP contribution in [0.4, 0.5) is 4.39 Å². The minimum Gasteiger partial charge on any atom is -0.372 e. The molecule has 0 aromatic rings. The van der Waals surface area contributed by atoms with Gasteiger partial charge in [0.25, 0.3) is 0 Å². The van der Waals surface area contributed by atoms with Crippen molar-refractivity contribution in [3.8, 4) is 0 Å². The van der Waals surface area contributed by atoms with Crippen LogP contribution in [0.25, 0.3) is 0 Å². The Morgan fingerprint density at radius 1 is 1.50 bits per heavy atom. The minimum atomic E-state index is -0.806. The molecule has 1 aliphatic rings. The van der Waals surface area contributed by atoms with Gasteiger partial charge in [-0.05, 0) is 19.8 Å². The van der Waals surface area contributed by atoms with Gasteiger partial charge in [0.2, 0.25) is 6.41 Å². The third-order valence-electron chi connectivity index (χ3n) is 1.65. The van der Waals surface area contributed by atoms with Gasteiger partial charge in [0.05, 0.1) is 0 Å². The number of amides is 1. The van der Waals surface area contributed by atoms with Gasteiger partial charge in [0, 0.05) is 0 Å². The second-order valence-corrected chi connectivity index (χ2v) is 2.76. The van der Waals surface area contributed by atoms with Crippen LogP contribution >= 0.6 is 0 Å². The number of nitrogens with two attached hydrogens (primary N) is 1. The Kier molecular flexibility index (Phi) is 4.00. The summed E-state index contributed by atoms with van der Waals surface area (Å²) in [6, 6.07) is 0. The second kappa shape index (κ2) is 4.25. The van der Waals surface area contributed by atoms with Crippen molar-refractivity contribution in [2.45, 2.75) is 38.3 Å². The number of hydrogen-bond donors (Lipinski definition) is 1. The van der Waals surface area contributed by atoms with Gasteiger partial charge >= 0.3 is 0 Å². The van der Waals surface area contributed by atoms with Crippen molar-refractivity contribution in [3.63, 3.8) is 0 Å². The summed E-state index contributed by atoms with van der Waals surface area (Å²) in [6.07, 6.45) is 4.00. The predicted molar refractivity (Wildman–Crippen MR) is 38.2 cm³/mol. The highest BCUT2D eigenvalue weighted by molar-refractivity contribution is 5.42. The lowest BCUT2D eigenvalue weighted by Crippen LogP contribution is -2.09. The lowest BCUT2D eigenvalue weighted by Gasteiger charge is -2.08. The molecule has 0 aromatic carbocycles. The molecule has 0 saturated heterocycles. The number of primary amides is 1. The molecule has 1 amide bonds. The van der Waals surface area contributed by atoms with E-state index in [-0.39, 0.29) is 6.41 Å². The van der Waals surface area contributed by atoms with Crippen LogP contribution in [0, 0.1) is 0 Å². The number of alkyl halides is 1. The van der Waals surface area contributed by atoms with Crippen LogP contribution in [0.3, 0.4) is 0 Å². The summed E-state index contributed by atoms with van der Waals surface area (Å²) in [5.74, 6) is 0. The Morgan fingerprint density at radius 3 is 1.90 bits per heavy atom. The van der Waals surface area contributed by atoms with Gasteiger partial charge in [-0.1, -0.05) is 12.8 Å². The lowest BCUT2D eigenvalue weighted by molar-refractivity contribution is -0.106. The summed E-state index contributed by atoms with van der Waals surface area (Å²) >= 11 is 0. The monoisotopic (exact) mass is 147 g/mol. The van der Waals surface area contributed by atoms with Crippen LogP contribution in [0.1, 0.15) is 32.6 Å². The zero-order valence-electron chi connectivity index (χ0n) is 6.27. The molecule has 0 unspecified atom stereocenters. The molecule has 0 heterocycles. The Morgan fingerprint density at radius 2 is 1.80 bits per heavy atom. The van der Waals surface area contributed by atoms with Crippen molar-refractivity contribution in [2.24, 2.45) is 5.73 Å². The summed E-state index contributed by atoms with van der Waals surface area (Å²) in [6.45, 7) is 1.69. The van der Waals surface area contributed by atoms with Crippen LogP contribution in [0.15, 0.2) is 0 Å². The Bertz CT molecular complexity index is 95.8. The van der Waals surface area contributed by atoms with Gasteiger partial charge in [-0.2, -0.15) is 0 Å². The van der Waals surface area contributed by atoms with Crippen molar-refractivity contribution in [3.05, 3.63) is 0 Å². The maximum absolute atomic E-state index is 12.6. The van der Waals surface area contributed by atoms with Crippen LogP contribution < -0.4 is 5.73 Å². The summed E-state index contributed by atoms with van der Waals surface area (Å²) in [5, 5.41) is 0. The minimum absolute atomic E-state index is 0.250. The largest absolute Gasteiger partial charge is 0.372 e. The molecular weight excluding hydrogens is 133 g/mol. The van der Waals surface area contributed by atoms with Crippen LogP contribution in [-0.4, -0.2) is 12.1 Å². The van der Waals surface area contributed by atoms with E-state index in [4.69, 9.17) is 4.79 Å². The predicted octanol–water partition coefficient (Wildman–Crippen LogP) is 1.39. The molecule has 10 heavy (non-hydrogen) atoms. The highest BCUT2D eigenvalue weighted by Gasteiger charge is 2.26. The zero-order valence-corrected chi connectivity index (χ0v) is 6.27. The number of carbonyl (C=O) groups is 1. The normalized spacial score (nSPS) is 21.0. The van der Waals surface area contributed by atoms with Crippen molar-refractivity contribution in [1.29, 1.82) is 0 Å². The molecule has 0 bridgehead atoms.